The Morgan fingerprint density at radius 1 is 1.29 bits per heavy atom. The number of nitrogens with zero attached hydrogens (tertiary/aromatic N) is 1. The molecule has 0 saturated carbocycles. The highest BCUT2D eigenvalue weighted by molar-refractivity contribution is 5.97. The van der Waals surface area contributed by atoms with E-state index >= 15 is 0 Å². The van der Waals surface area contributed by atoms with Gasteiger partial charge in [0.1, 0.15) is 0 Å². The van der Waals surface area contributed by atoms with Gasteiger partial charge in [-0.2, -0.15) is 0 Å². The fraction of sp³-hybridized carbons (Fsp3) is 0.200. The van der Waals surface area contributed by atoms with Gasteiger partial charge in [-0.15, -0.1) is 0 Å². The van der Waals surface area contributed by atoms with Crippen LogP contribution in [0.1, 0.15) is 28.1 Å². The molecule has 6 nitrogen and oxygen atoms in total. The second-order valence-electron chi connectivity index (χ2n) is 4.86. The van der Waals surface area contributed by atoms with Crippen LogP contribution in [0.5, 0.6) is 0 Å². The number of hydrazine groups is 1. The summed E-state index contributed by atoms with van der Waals surface area (Å²) in [6.07, 6.45) is 2.63. The van der Waals surface area contributed by atoms with Crippen LogP contribution in [-0.4, -0.2) is 11.8 Å². The van der Waals surface area contributed by atoms with Crippen molar-refractivity contribution >= 4 is 17.5 Å². The van der Waals surface area contributed by atoms with Crippen LogP contribution in [0.25, 0.3) is 0 Å². The number of fused-ring (bicyclic) bond motifs is 1. The maximum Gasteiger partial charge on any atom is 0.301 e. The SMILES string of the molecule is NNC(=O)c1occc1CN1C(=O)CCc2ccccc21. The van der Waals surface area contributed by atoms with Gasteiger partial charge in [-0.05, 0) is 24.1 Å². The van der Waals surface area contributed by atoms with Gasteiger partial charge in [0.05, 0.1) is 12.8 Å². The van der Waals surface area contributed by atoms with E-state index in [4.69, 9.17) is 10.3 Å². The number of rotatable bonds is 3. The van der Waals surface area contributed by atoms with Crippen molar-refractivity contribution in [2.24, 2.45) is 5.84 Å². The Hall–Kier alpha value is -2.60. The summed E-state index contributed by atoms with van der Waals surface area (Å²) >= 11 is 0. The molecule has 21 heavy (non-hydrogen) atoms. The van der Waals surface area contributed by atoms with E-state index in [1.807, 2.05) is 29.7 Å². The van der Waals surface area contributed by atoms with E-state index in [-0.39, 0.29) is 18.2 Å². The number of benzene rings is 1. The van der Waals surface area contributed by atoms with Crippen molar-refractivity contribution in [1.29, 1.82) is 0 Å². The van der Waals surface area contributed by atoms with Crippen LogP contribution in [-0.2, 0) is 17.8 Å². The van der Waals surface area contributed by atoms with Gasteiger partial charge in [0.25, 0.3) is 0 Å². The summed E-state index contributed by atoms with van der Waals surface area (Å²) in [4.78, 5) is 25.5. The molecule has 2 amide bonds. The Kier molecular flexibility index (Phi) is 3.45. The molecule has 108 valence electrons. The highest BCUT2D eigenvalue weighted by Crippen LogP contribution is 2.29. The summed E-state index contributed by atoms with van der Waals surface area (Å²) in [5, 5.41) is 0. The Morgan fingerprint density at radius 3 is 2.90 bits per heavy atom. The van der Waals surface area contributed by atoms with Gasteiger partial charge in [-0.25, -0.2) is 5.84 Å². The Labute approximate surface area is 121 Å². The molecule has 0 unspecified atom stereocenters. The molecule has 0 aliphatic carbocycles. The zero-order valence-electron chi connectivity index (χ0n) is 11.3. The molecule has 3 N–H and O–H groups in total. The van der Waals surface area contributed by atoms with E-state index in [0.717, 1.165) is 17.7 Å². The predicted octanol–water partition coefficient (Wildman–Crippen LogP) is 1.36. The molecule has 0 radical (unpaired) electrons. The van der Waals surface area contributed by atoms with Crippen LogP contribution in [0.4, 0.5) is 5.69 Å². The number of para-hydroxylation sites is 1. The molecule has 6 heteroatoms. The highest BCUT2D eigenvalue weighted by Gasteiger charge is 2.26. The number of carbonyl (C=O) groups excluding carboxylic acids is 2. The fourth-order valence-corrected chi connectivity index (χ4v) is 2.57. The molecule has 2 heterocycles. The van der Waals surface area contributed by atoms with Crippen LogP contribution in [0, 0.1) is 0 Å². The molecule has 1 aliphatic heterocycles. The topological polar surface area (TPSA) is 88.6 Å². The van der Waals surface area contributed by atoms with E-state index in [1.54, 1.807) is 11.0 Å². The number of nitrogens with one attached hydrogen (secondary N) is 1. The first kappa shape index (κ1) is 13.4. The normalized spacial score (nSPS) is 14.0. The number of anilines is 1. The summed E-state index contributed by atoms with van der Waals surface area (Å²) in [5.41, 5.74) is 4.68. The van der Waals surface area contributed by atoms with E-state index in [1.165, 1.54) is 6.26 Å². The number of furan rings is 1. The number of amides is 2. The van der Waals surface area contributed by atoms with Crippen molar-refractivity contribution in [3.63, 3.8) is 0 Å². The minimum Gasteiger partial charge on any atom is -0.459 e. The molecule has 0 spiro atoms. The van der Waals surface area contributed by atoms with Crippen molar-refractivity contribution in [2.75, 3.05) is 4.90 Å². The third kappa shape index (κ3) is 2.41. The van der Waals surface area contributed by atoms with Crippen LogP contribution >= 0.6 is 0 Å². The first-order valence-electron chi connectivity index (χ1n) is 6.66. The Bertz CT molecular complexity index is 693. The number of nitrogens with two attached hydrogens (primary N) is 1. The summed E-state index contributed by atoms with van der Waals surface area (Å²) in [6.45, 7) is 0.287. The predicted molar refractivity (Wildman–Crippen MR) is 76.3 cm³/mol. The van der Waals surface area contributed by atoms with Crippen LogP contribution in [0.2, 0.25) is 0 Å². The molecule has 0 bridgehead atoms. The number of aryl methyl sites for hydroxylation is 1. The lowest BCUT2D eigenvalue weighted by molar-refractivity contribution is -0.119. The van der Waals surface area contributed by atoms with E-state index < -0.39 is 5.91 Å². The number of hydrogen-bond donors (Lipinski definition) is 2. The van der Waals surface area contributed by atoms with Crippen molar-refractivity contribution in [2.45, 2.75) is 19.4 Å². The molecule has 1 aromatic heterocycles. The lowest BCUT2D eigenvalue weighted by Gasteiger charge is -2.29. The van der Waals surface area contributed by atoms with Gasteiger partial charge < -0.3 is 9.32 Å². The average molecular weight is 285 g/mol. The first-order chi connectivity index (χ1) is 10.2. The van der Waals surface area contributed by atoms with Crippen LogP contribution < -0.4 is 16.2 Å². The smallest absolute Gasteiger partial charge is 0.301 e. The molecule has 3 rings (SSSR count). The van der Waals surface area contributed by atoms with E-state index in [0.29, 0.717) is 12.0 Å². The van der Waals surface area contributed by atoms with Gasteiger partial charge in [0.2, 0.25) is 5.91 Å². The monoisotopic (exact) mass is 285 g/mol. The third-order valence-electron chi connectivity index (χ3n) is 3.60. The number of carbonyl (C=O) groups is 2. The van der Waals surface area contributed by atoms with Gasteiger partial charge in [0, 0.05) is 17.7 Å². The fourth-order valence-electron chi connectivity index (χ4n) is 2.57. The third-order valence-corrected chi connectivity index (χ3v) is 3.60. The van der Waals surface area contributed by atoms with Crippen molar-refractivity contribution in [1.82, 2.24) is 5.43 Å². The maximum atomic E-state index is 12.2. The van der Waals surface area contributed by atoms with Crippen molar-refractivity contribution in [3.8, 4) is 0 Å². The Balaban J connectivity index is 1.93. The van der Waals surface area contributed by atoms with E-state index in [9.17, 15) is 9.59 Å². The van der Waals surface area contributed by atoms with Gasteiger partial charge in [0.15, 0.2) is 5.76 Å². The molecular formula is C15H15N3O3. The maximum absolute atomic E-state index is 12.2. The Morgan fingerprint density at radius 2 is 2.10 bits per heavy atom. The molecule has 0 saturated heterocycles. The van der Waals surface area contributed by atoms with Gasteiger partial charge in [-0.3, -0.25) is 15.0 Å². The lowest BCUT2D eigenvalue weighted by atomic mass is 10.0. The highest BCUT2D eigenvalue weighted by atomic mass is 16.3. The number of nitrogen functional groups attached to an aromatic ring is 1. The zero-order chi connectivity index (χ0) is 14.8. The van der Waals surface area contributed by atoms with Gasteiger partial charge >= 0.3 is 5.91 Å². The van der Waals surface area contributed by atoms with Crippen LogP contribution in [0.15, 0.2) is 41.0 Å². The minimum atomic E-state index is -0.507. The van der Waals surface area contributed by atoms with Crippen LogP contribution in [0.3, 0.4) is 0 Å². The zero-order valence-corrected chi connectivity index (χ0v) is 11.3. The molecule has 0 fully saturated rings. The molecule has 1 aliphatic rings. The quantitative estimate of drug-likeness (QED) is 0.506. The number of hydrogen-bond acceptors (Lipinski definition) is 4. The lowest BCUT2D eigenvalue weighted by Crippen LogP contribution is -2.36. The molecular weight excluding hydrogens is 270 g/mol. The van der Waals surface area contributed by atoms with Crippen molar-refractivity contribution < 1.29 is 14.0 Å². The summed E-state index contributed by atoms with van der Waals surface area (Å²) in [5.74, 6) is 4.79. The molecule has 0 atom stereocenters. The average Bonchev–Trinajstić information content (AvgIpc) is 2.97. The summed E-state index contributed by atoms with van der Waals surface area (Å²) in [7, 11) is 0. The second kappa shape index (κ2) is 5.41. The second-order valence-corrected chi connectivity index (χ2v) is 4.86. The molecule has 2 aromatic rings. The summed E-state index contributed by atoms with van der Waals surface area (Å²) < 4.78 is 5.15. The first-order valence-corrected chi connectivity index (χ1v) is 6.66. The van der Waals surface area contributed by atoms with Gasteiger partial charge in [-0.1, -0.05) is 18.2 Å². The standard InChI is InChI=1S/C15H15N3O3/c16-17-15(20)14-11(7-8-21-14)9-18-12-4-2-1-3-10(12)5-6-13(18)19/h1-4,7-8H,5-6,9,16H2,(H,17,20). The molecule has 1 aromatic carbocycles. The largest absolute Gasteiger partial charge is 0.459 e. The van der Waals surface area contributed by atoms with Crippen molar-refractivity contribution in [3.05, 3.63) is 53.5 Å². The minimum absolute atomic E-state index is 0.0361. The summed E-state index contributed by atoms with van der Waals surface area (Å²) in [6, 6.07) is 9.45. The van der Waals surface area contributed by atoms with E-state index in [2.05, 4.69) is 0 Å².